The van der Waals surface area contributed by atoms with Gasteiger partial charge in [0, 0.05) is 5.69 Å². The molecule has 4 rings (SSSR count). The molecule has 2 atom stereocenters. The number of ether oxygens (including phenoxy) is 2. The summed E-state index contributed by atoms with van der Waals surface area (Å²) in [6, 6.07) is 26.9. The van der Waals surface area contributed by atoms with Gasteiger partial charge < -0.3 is 9.47 Å². The molecule has 4 heteroatoms. The number of rotatable bonds is 7. The fraction of sp³-hybridized carbons (Fsp3) is 0.160. The minimum atomic E-state index is -0.552. The number of carbonyl (C=O) groups is 1. The first-order valence-corrected chi connectivity index (χ1v) is 9.77. The smallest absolute Gasteiger partial charge is 0.271 e. The third-order valence-corrected chi connectivity index (χ3v) is 4.81. The summed E-state index contributed by atoms with van der Waals surface area (Å²) in [5.74, 6) is 1.42. The van der Waals surface area contributed by atoms with Crippen molar-refractivity contribution < 1.29 is 14.3 Å². The Bertz CT molecular complexity index is 968. The number of hydrogen-bond donors (Lipinski definition) is 0. The van der Waals surface area contributed by atoms with Gasteiger partial charge in [0.15, 0.2) is 0 Å². The van der Waals surface area contributed by atoms with E-state index in [-0.39, 0.29) is 11.9 Å². The summed E-state index contributed by atoms with van der Waals surface area (Å²) < 4.78 is 11.5. The Kier molecular flexibility index (Phi) is 5.61. The summed E-state index contributed by atoms with van der Waals surface area (Å²) in [5.41, 5.74) is 1.91. The Morgan fingerprint density at radius 1 is 0.862 bits per heavy atom. The molecule has 0 saturated carbocycles. The van der Waals surface area contributed by atoms with Crippen molar-refractivity contribution in [2.24, 2.45) is 0 Å². The Balaban J connectivity index is 1.59. The van der Waals surface area contributed by atoms with Gasteiger partial charge in [0.2, 0.25) is 6.10 Å². The maximum absolute atomic E-state index is 12.9. The molecular weight excluding hydrogens is 362 g/mol. The van der Waals surface area contributed by atoms with E-state index in [9.17, 15) is 4.79 Å². The largest absolute Gasteiger partial charge is 0.494 e. The van der Waals surface area contributed by atoms with E-state index >= 15 is 0 Å². The molecular formula is C25H23NO3. The summed E-state index contributed by atoms with van der Waals surface area (Å²) >= 11 is 0. The number of nitrogens with zero attached hydrogens (tertiary/aromatic N) is 1. The van der Waals surface area contributed by atoms with Crippen LogP contribution in [0.25, 0.3) is 6.08 Å². The average molecular weight is 385 g/mol. The molecule has 0 spiro atoms. The lowest BCUT2D eigenvalue weighted by atomic mass is 9.95. The van der Waals surface area contributed by atoms with Crippen molar-refractivity contribution in [3.8, 4) is 11.5 Å². The van der Waals surface area contributed by atoms with Crippen molar-refractivity contribution in [3.05, 3.63) is 96.6 Å². The second-order valence-corrected chi connectivity index (χ2v) is 6.75. The fourth-order valence-electron chi connectivity index (χ4n) is 3.38. The zero-order valence-corrected chi connectivity index (χ0v) is 16.3. The van der Waals surface area contributed by atoms with Crippen LogP contribution in [0.5, 0.6) is 11.5 Å². The normalized spacial score (nSPS) is 18.5. The highest BCUT2D eigenvalue weighted by atomic mass is 16.5. The van der Waals surface area contributed by atoms with Gasteiger partial charge in [-0.3, -0.25) is 9.69 Å². The third-order valence-electron chi connectivity index (χ3n) is 4.81. The van der Waals surface area contributed by atoms with Gasteiger partial charge in [-0.05, 0) is 48.9 Å². The standard InChI is InChI=1S/C25H23NO3/c1-2-28-21-16-14-20(15-17-21)26-23(18-13-19-9-5-3-6-10-19)24(25(26)27)29-22-11-7-4-8-12-22/h3-18,23-24H,2H2,1H3. The number of β-lactam (4-membered cyclic amide) rings is 1. The Morgan fingerprint density at radius 3 is 2.17 bits per heavy atom. The number of anilines is 1. The summed E-state index contributed by atoms with van der Waals surface area (Å²) in [7, 11) is 0. The molecule has 1 saturated heterocycles. The predicted octanol–water partition coefficient (Wildman–Crippen LogP) is 4.96. The Labute approximate surface area is 171 Å². The average Bonchev–Trinajstić information content (AvgIpc) is 2.77. The lowest BCUT2D eigenvalue weighted by molar-refractivity contribution is -0.133. The van der Waals surface area contributed by atoms with Crippen molar-refractivity contribution in [2.45, 2.75) is 19.1 Å². The van der Waals surface area contributed by atoms with Gasteiger partial charge in [-0.1, -0.05) is 60.7 Å². The van der Waals surface area contributed by atoms with Crippen LogP contribution in [0.2, 0.25) is 0 Å². The molecule has 0 N–H and O–H groups in total. The summed E-state index contributed by atoms with van der Waals surface area (Å²) in [5, 5.41) is 0. The van der Waals surface area contributed by atoms with Crippen LogP contribution in [0.4, 0.5) is 5.69 Å². The van der Waals surface area contributed by atoms with Crippen molar-refractivity contribution in [1.82, 2.24) is 0 Å². The first kappa shape index (κ1) is 18.8. The number of benzene rings is 3. The zero-order valence-electron chi connectivity index (χ0n) is 16.3. The van der Waals surface area contributed by atoms with Crippen LogP contribution in [0.15, 0.2) is 91.0 Å². The zero-order chi connectivity index (χ0) is 20.1. The molecule has 3 aromatic rings. The molecule has 29 heavy (non-hydrogen) atoms. The molecule has 146 valence electrons. The Hall–Kier alpha value is -3.53. The minimum absolute atomic E-state index is 0.0549. The molecule has 1 heterocycles. The molecule has 1 aliphatic rings. The maximum Gasteiger partial charge on any atom is 0.271 e. The van der Waals surface area contributed by atoms with E-state index in [0.717, 1.165) is 17.0 Å². The first-order chi connectivity index (χ1) is 14.3. The lowest BCUT2D eigenvalue weighted by Crippen LogP contribution is -2.66. The van der Waals surface area contributed by atoms with Crippen LogP contribution in [0, 0.1) is 0 Å². The van der Waals surface area contributed by atoms with Crippen LogP contribution in [0.3, 0.4) is 0 Å². The quantitative estimate of drug-likeness (QED) is 0.540. The van der Waals surface area contributed by atoms with E-state index in [2.05, 4.69) is 0 Å². The molecule has 2 unspecified atom stereocenters. The van der Waals surface area contributed by atoms with E-state index in [1.165, 1.54) is 0 Å². The Morgan fingerprint density at radius 2 is 1.52 bits per heavy atom. The molecule has 1 aliphatic heterocycles. The number of carbonyl (C=O) groups excluding carboxylic acids is 1. The maximum atomic E-state index is 12.9. The minimum Gasteiger partial charge on any atom is -0.494 e. The van der Waals surface area contributed by atoms with Crippen molar-refractivity contribution in [1.29, 1.82) is 0 Å². The van der Waals surface area contributed by atoms with Crippen molar-refractivity contribution in [3.63, 3.8) is 0 Å². The topological polar surface area (TPSA) is 38.8 Å². The summed E-state index contributed by atoms with van der Waals surface area (Å²) in [6.07, 6.45) is 3.50. The van der Waals surface area contributed by atoms with Crippen molar-refractivity contribution >= 4 is 17.7 Å². The van der Waals surface area contributed by atoms with E-state index in [1.807, 2.05) is 104 Å². The van der Waals surface area contributed by atoms with Crippen molar-refractivity contribution in [2.75, 3.05) is 11.5 Å². The highest BCUT2D eigenvalue weighted by Crippen LogP contribution is 2.33. The second-order valence-electron chi connectivity index (χ2n) is 6.75. The monoisotopic (exact) mass is 385 g/mol. The fourth-order valence-corrected chi connectivity index (χ4v) is 3.38. The number of para-hydroxylation sites is 1. The molecule has 0 aromatic heterocycles. The third kappa shape index (κ3) is 4.16. The highest BCUT2D eigenvalue weighted by molar-refractivity contribution is 6.06. The molecule has 1 amide bonds. The van der Waals surface area contributed by atoms with Gasteiger partial charge in [0.1, 0.15) is 17.5 Å². The first-order valence-electron chi connectivity index (χ1n) is 9.77. The highest BCUT2D eigenvalue weighted by Gasteiger charge is 2.48. The molecule has 0 bridgehead atoms. The van der Waals surface area contributed by atoms with Gasteiger partial charge in [-0.15, -0.1) is 0 Å². The lowest BCUT2D eigenvalue weighted by Gasteiger charge is -2.45. The number of hydrogen-bond acceptors (Lipinski definition) is 3. The molecule has 1 fully saturated rings. The summed E-state index contributed by atoms with van der Waals surface area (Å²) in [4.78, 5) is 14.7. The van der Waals surface area contributed by atoms with E-state index in [0.29, 0.717) is 12.4 Å². The van der Waals surface area contributed by atoms with Gasteiger partial charge in [0.05, 0.1) is 6.61 Å². The van der Waals surface area contributed by atoms with Gasteiger partial charge in [-0.25, -0.2) is 0 Å². The SMILES string of the molecule is CCOc1ccc(N2C(=O)C(Oc3ccccc3)C2C=Cc2ccccc2)cc1. The van der Waals surface area contributed by atoms with E-state index in [1.54, 1.807) is 4.90 Å². The molecule has 0 radical (unpaired) electrons. The van der Waals surface area contributed by atoms with E-state index in [4.69, 9.17) is 9.47 Å². The molecule has 4 nitrogen and oxygen atoms in total. The molecule has 3 aromatic carbocycles. The van der Waals surface area contributed by atoms with Gasteiger partial charge in [0.25, 0.3) is 5.91 Å². The number of amides is 1. The van der Waals surface area contributed by atoms with E-state index < -0.39 is 6.10 Å². The van der Waals surface area contributed by atoms with Gasteiger partial charge in [-0.2, -0.15) is 0 Å². The summed E-state index contributed by atoms with van der Waals surface area (Å²) in [6.45, 7) is 2.56. The van der Waals surface area contributed by atoms with Crippen LogP contribution >= 0.6 is 0 Å². The van der Waals surface area contributed by atoms with Crippen LogP contribution in [-0.2, 0) is 4.79 Å². The van der Waals surface area contributed by atoms with Gasteiger partial charge >= 0.3 is 0 Å². The van der Waals surface area contributed by atoms with Crippen LogP contribution < -0.4 is 14.4 Å². The molecule has 0 aliphatic carbocycles. The van der Waals surface area contributed by atoms with Crippen LogP contribution in [0.1, 0.15) is 12.5 Å². The van der Waals surface area contributed by atoms with Crippen LogP contribution in [-0.4, -0.2) is 24.7 Å². The predicted molar refractivity (Wildman–Crippen MR) is 115 cm³/mol. The second kappa shape index (κ2) is 8.65.